The molecule has 1 heterocycles. The van der Waals surface area contributed by atoms with Crippen LogP contribution < -0.4 is 5.32 Å². The highest BCUT2D eigenvalue weighted by Gasteiger charge is 2.02. The van der Waals surface area contributed by atoms with Crippen LogP contribution in [0, 0.1) is 0 Å². The highest BCUT2D eigenvalue weighted by atomic mass is 14.9. The summed E-state index contributed by atoms with van der Waals surface area (Å²) in [7, 11) is 0. The summed E-state index contributed by atoms with van der Waals surface area (Å²) >= 11 is 0. The van der Waals surface area contributed by atoms with Gasteiger partial charge in [0.15, 0.2) is 0 Å². The molecule has 2 aromatic rings. The molecular weight excluding hydrogens is 208 g/mol. The zero-order valence-corrected chi connectivity index (χ0v) is 10.2. The molecule has 1 N–H and O–H groups in total. The van der Waals surface area contributed by atoms with Gasteiger partial charge in [-0.25, -0.2) is 0 Å². The average Bonchev–Trinajstić information content (AvgIpc) is 2.36. The summed E-state index contributed by atoms with van der Waals surface area (Å²) in [6, 6.07) is 8.88. The van der Waals surface area contributed by atoms with Crippen LogP contribution in [0.4, 0.5) is 0 Å². The summed E-state index contributed by atoms with van der Waals surface area (Å²) in [5, 5.41) is 5.98. The minimum atomic E-state index is 0.463. The number of benzene rings is 1. The Morgan fingerprint density at radius 3 is 3.12 bits per heavy atom. The van der Waals surface area contributed by atoms with E-state index in [0.717, 1.165) is 13.0 Å². The van der Waals surface area contributed by atoms with E-state index in [1.807, 2.05) is 18.5 Å². The van der Waals surface area contributed by atoms with Gasteiger partial charge in [-0.3, -0.25) is 4.98 Å². The Hall–Kier alpha value is -1.67. The van der Waals surface area contributed by atoms with Crippen molar-refractivity contribution >= 4 is 10.8 Å². The van der Waals surface area contributed by atoms with Crippen LogP contribution in [0.5, 0.6) is 0 Å². The molecule has 88 valence electrons. The third-order valence-electron chi connectivity index (χ3n) is 2.93. The van der Waals surface area contributed by atoms with E-state index in [-0.39, 0.29) is 0 Å². The fraction of sp³-hybridized carbons (Fsp3) is 0.267. The van der Waals surface area contributed by atoms with E-state index in [1.165, 1.54) is 16.3 Å². The number of hydrogen-bond acceptors (Lipinski definition) is 2. The molecule has 0 aliphatic rings. The van der Waals surface area contributed by atoms with Gasteiger partial charge in [0, 0.05) is 30.4 Å². The molecule has 0 spiro atoms. The van der Waals surface area contributed by atoms with E-state index in [1.54, 1.807) is 0 Å². The maximum Gasteiger partial charge on any atom is 0.0346 e. The van der Waals surface area contributed by atoms with Crippen molar-refractivity contribution in [3.05, 3.63) is 54.9 Å². The maximum atomic E-state index is 4.14. The molecule has 0 saturated heterocycles. The summed E-state index contributed by atoms with van der Waals surface area (Å²) in [5.41, 5.74) is 1.32. The van der Waals surface area contributed by atoms with Crippen molar-refractivity contribution in [1.82, 2.24) is 10.3 Å². The molecule has 17 heavy (non-hydrogen) atoms. The number of pyridine rings is 1. The molecule has 1 atom stereocenters. The lowest BCUT2D eigenvalue weighted by Crippen LogP contribution is -2.24. The van der Waals surface area contributed by atoms with Gasteiger partial charge in [0.25, 0.3) is 0 Å². The lowest BCUT2D eigenvalue weighted by Gasteiger charge is -2.13. The highest BCUT2D eigenvalue weighted by molar-refractivity contribution is 5.84. The van der Waals surface area contributed by atoms with Crippen LogP contribution in [0.25, 0.3) is 10.8 Å². The predicted octanol–water partition coefficient (Wildman–Crippen LogP) is 3.29. The minimum absolute atomic E-state index is 0.463. The van der Waals surface area contributed by atoms with Gasteiger partial charge in [-0.1, -0.05) is 24.3 Å². The molecule has 0 saturated carbocycles. The minimum Gasteiger partial charge on any atom is -0.310 e. The van der Waals surface area contributed by atoms with Crippen LogP contribution in [-0.4, -0.2) is 11.0 Å². The van der Waals surface area contributed by atoms with E-state index in [4.69, 9.17) is 0 Å². The van der Waals surface area contributed by atoms with E-state index < -0.39 is 0 Å². The Morgan fingerprint density at radius 1 is 1.41 bits per heavy atom. The van der Waals surface area contributed by atoms with Crippen molar-refractivity contribution in [2.75, 3.05) is 0 Å². The van der Waals surface area contributed by atoms with Crippen molar-refractivity contribution in [3.8, 4) is 0 Å². The average molecular weight is 226 g/mol. The topological polar surface area (TPSA) is 24.9 Å². The molecule has 0 amide bonds. The van der Waals surface area contributed by atoms with Gasteiger partial charge in [-0.05, 0) is 30.4 Å². The van der Waals surface area contributed by atoms with Gasteiger partial charge in [-0.2, -0.15) is 0 Å². The number of nitrogens with zero attached hydrogens (tertiary/aromatic N) is 1. The molecule has 1 aromatic heterocycles. The second kappa shape index (κ2) is 5.60. The molecule has 0 radical (unpaired) electrons. The first-order chi connectivity index (χ1) is 8.31. The summed E-state index contributed by atoms with van der Waals surface area (Å²) in [6.45, 7) is 6.82. The smallest absolute Gasteiger partial charge is 0.0346 e. The van der Waals surface area contributed by atoms with Gasteiger partial charge < -0.3 is 5.32 Å². The number of nitrogens with one attached hydrogen (secondary N) is 1. The highest BCUT2D eigenvalue weighted by Crippen LogP contribution is 2.17. The fourth-order valence-electron chi connectivity index (χ4n) is 1.96. The van der Waals surface area contributed by atoms with E-state index in [0.29, 0.717) is 6.04 Å². The Bertz CT molecular complexity index is 500. The van der Waals surface area contributed by atoms with Gasteiger partial charge in [0.1, 0.15) is 0 Å². The molecule has 0 aliphatic carbocycles. The summed E-state index contributed by atoms with van der Waals surface area (Å²) in [4.78, 5) is 4.14. The van der Waals surface area contributed by atoms with Crippen molar-refractivity contribution in [2.45, 2.75) is 25.9 Å². The molecule has 2 nitrogen and oxygen atoms in total. The normalized spacial score (nSPS) is 12.5. The van der Waals surface area contributed by atoms with Crippen LogP contribution in [0.2, 0.25) is 0 Å². The summed E-state index contributed by atoms with van der Waals surface area (Å²) in [5.74, 6) is 0. The van der Waals surface area contributed by atoms with Crippen molar-refractivity contribution in [3.63, 3.8) is 0 Å². The first kappa shape index (κ1) is 11.8. The van der Waals surface area contributed by atoms with Crippen LogP contribution in [0.3, 0.4) is 0 Å². The molecule has 2 heteroatoms. The monoisotopic (exact) mass is 226 g/mol. The number of aromatic nitrogens is 1. The fourth-order valence-corrected chi connectivity index (χ4v) is 1.96. The summed E-state index contributed by atoms with van der Waals surface area (Å²) in [6.07, 6.45) is 6.70. The van der Waals surface area contributed by atoms with Crippen molar-refractivity contribution in [2.24, 2.45) is 0 Å². The lowest BCUT2D eigenvalue weighted by molar-refractivity contribution is 0.555. The van der Waals surface area contributed by atoms with Gasteiger partial charge in [0.05, 0.1) is 0 Å². The maximum absolute atomic E-state index is 4.14. The molecule has 0 aliphatic heterocycles. The molecule has 2 rings (SSSR count). The van der Waals surface area contributed by atoms with Crippen molar-refractivity contribution < 1.29 is 0 Å². The summed E-state index contributed by atoms with van der Waals surface area (Å²) < 4.78 is 0. The van der Waals surface area contributed by atoms with E-state index in [2.05, 4.69) is 48.1 Å². The van der Waals surface area contributed by atoms with Gasteiger partial charge in [0.2, 0.25) is 0 Å². The Kier molecular flexibility index (Phi) is 3.89. The second-order valence-electron chi connectivity index (χ2n) is 4.32. The number of rotatable bonds is 5. The molecule has 1 unspecified atom stereocenters. The van der Waals surface area contributed by atoms with Gasteiger partial charge in [-0.15, -0.1) is 6.58 Å². The van der Waals surface area contributed by atoms with Crippen LogP contribution in [-0.2, 0) is 6.54 Å². The van der Waals surface area contributed by atoms with Crippen LogP contribution in [0.15, 0.2) is 49.3 Å². The lowest BCUT2D eigenvalue weighted by atomic mass is 10.1. The molecular formula is C15H18N2. The standard InChI is InChI=1S/C15H18N2/c1-3-5-12(2)17-11-14-7-4-6-13-10-16-9-8-15(13)14/h3-4,6-10,12,17H,1,5,11H2,2H3. The molecule has 1 aromatic carbocycles. The first-order valence-electron chi connectivity index (χ1n) is 5.97. The Morgan fingerprint density at radius 2 is 2.29 bits per heavy atom. The number of hydrogen-bond donors (Lipinski definition) is 1. The largest absolute Gasteiger partial charge is 0.310 e. The quantitative estimate of drug-likeness (QED) is 0.791. The predicted molar refractivity (Wildman–Crippen MR) is 72.9 cm³/mol. The SMILES string of the molecule is C=CCC(C)NCc1cccc2cnccc12. The van der Waals surface area contributed by atoms with E-state index >= 15 is 0 Å². The Labute approximate surface area is 102 Å². The Balaban J connectivity index is 2.15. The van der Waals surface area contributed by atoms with Crippen LogP contribution in [0.1, 0.15) is 18.9 Å². The zero-order chi connectivity index (χ0) is 12.1. The third-order valence-corrected chi connectivity index (χ3v) is 2.93. The van der Waals surface area contributed by atoms with Gasteiger partial charge >= 0.3 is 0 Å². The second-order valence-corrected chi connectivity index (χ2v) is 4.32. The number of fused-ring (bicyclic) bond motifs is 1. The molecule has 0 fully saturated rings. The third kappa shape index (κ3) is 2.92. The first-order valence-corrected chi connectivity index (χ1v) is 5.97. The van der Waals surface area contributed by atoms with Crippen molar-refractivity contribution in [1.29, 1.82) is 0 Å². The molecule has 0 bridgehead atoms. The van der Waals surface area contributed by atoms with E-state index in [9.17, 15) is 0 Å². The zero-order valence-electron chi connectivity index (χ0n) is 10.2. The van der Waals surface area contributed by atoms with Crippen LogP contribution >= 0.6 is 0 Å².